The first-order valence-electron chi connectivity index (χ1n) is 11.8. The van der Waals surface area contributed by atoms with Crippen LogP contribution in [0.1, 0.15) is 48.5 Å². The zero-order chi connectivity index (χ0) is 27.4. The van der Waals surface area contributed by atoms with Gasteiger partial charge in [-0.2, -0.15) is 0 Å². The largest absolute Gasteiger partial charge is 0.247 e. The van der Waals surface area contributed by atoms with E-state index in [1.165, 1.54) is 31.6 Å². The fourth-order valence-electron chi connectivity index (χ4n) is 1.94. The van der Waals surface area contributed by atoms with Crippen LogP contribution in [0.4, 0.5) is 17.6 Å². The monoisotopic (exact) mass is 661 g/mol. The third-order valence-electron chi connectivity index (χ3n) is 3.88. The van der Waals surface area contributed by atoms with E-state index in [0.717, 1.165) is 49.9 Å². The topological polar surface area (TPSA) is 18.5 Å². The summed E-state index contributed by atoms with van der Waals surface area (Å²) in [4.78, 5) is 4.47. The van der Waals surface area contributed by atoms with Crippen molar-refractivity contribution in [2.45, 2.75) is 54.6 Å². The number of halogens is 4. The molecule has 8 heteroatoms. The predicted molar refractivity (Wildman–Crippen MR) is 139 cm³/mol. The minimum atomic E-state index is -4.20. The Hall–Kier alpha value is -1.30. The zero-order valence-corrected chi connectivity index (χ0v) is 25.1. The average Bonchev–Trinajstić information content (AvgIpc) is 2.84. The molecule has 0 bridgehead atoms. The first-order chi connectivity index (χ1) is 16.2. The number of hydrogen-bond acceptors (Lipinski definition) is 3. The van der Waals surface area contributed by atoms with E-state index in [2.05, 4.69) is 41.3 Å². The molecule has 0 aliphatic heterocycles. The number of nitrogens with zero attached hydrogens (tertiary/aromatic N) is 2. The molecule has 0 aromatic heterocycles. The van der Waals surface area contributed by atoms with Crippen molar-refractivity contribution in [3.05, 3.63) is 61.9 Å². The van der Waals surface area contributed by atoms with Gasteiger partial charge in [-0.3, -0.25) is 0 Å². The number of likely N-dealkylation sites (N-methyl/N-ethyl adjacent to an activating group) is 2. The molecule has 1 N–H and O–H groups in total. The third-order valence-corrected chi connectivity index (χ3v) is 5.23. The molecule has 1 unspecified atom stereocenters. The summed E-state index contributed by atoms with van der Waals surface area (Å²) in [6, 6.07) is 0. The Kier molecular flexibility index (Phi) is 34.9. The summed E-state index contributed by atoms with van der Waals surface area (Å²) in [5, 5.41) is 2.99. The van der Waals surface area contributed by atoms with Crippen molar-refractivity contribution in [1.29, 1.82) is 0 Å². The van der Waals surface area contributed by atoms with E-state index in [0.29, 0.717) is 0 Å². The average molecular weight is 662 g/mol. The van der Waals surface area contributed by atoms with Crippen molar-refractivity contribution in [2.75, 3.05) is 39.4 Å². The smallest absolute Gasteiger partial charge is 0.107 e. The molecule has 0 saturated heterocycles. The maximum Gasteiger partial charge on any atom is 0.107 e. The van der Waals surface area contributed by atoms with Gasteiger partial charge in [-0.25, -0.2) is 4.39 Å². The molecule has 1 atom stereocenters. The number of alkyl halides is 4. The van der Waals surface area contributed by atoms with Crippen molar-refractivity contribution in [3.8, 4) is 0 Å². The van der Waals surface area contributed by atoms with Gasteiger partial charge in [-0.05, 0) is 0 Å². The second kappa shape index (κ2) is 29.7. The quantitative estimate of drug-likeness (QED) is 0.122. The van der Waals surface area contributed by atoms with Crippen LogP contribution in [0.25, 0.3) is 0 Å². The maximum atomic E-state index is 12.5. The molecule has 3 nitrogen and oxygen atoms in total. The van der Waals surface area contributed by atoms with Gasteiger partial charge >= 0.3 is 167 Å². The van der Waals surface area contributed by atoms with E-state index in [1.54, 1.807) is 6.08 Å². The van der Waals surface area contributed by atoms with E-state index in [1.807, 2.05) is 52.8 Å². The van der Waals surface area contributed by atoms with Gasteiger partial charge < -0.3 is 0 Å². The van der Waals surface area contributed by atoms with Gasteiger partial charge in [-0.15, -0.1) is 6.58 Å². The number of rotatable bonds is 14. The van der Waals surface area contributed by atoms with E-state index in [-0.39, 0.29) is 0 Å². The fraction of sp³-hybridized carbons (Fsp3) is 0.577. The summed E-state index contributed by atoms with van der Waals surface area (Å²) in [5.41, 5.74) is 0. The maximum absolute atomic E-state index is 12.5. The predicted octanol–water partition coefficient (Wildman–Crippen LogP) is 7.06. The summed E-state index contributed by atoms with van der Waals surface area (Å²) < 4.78 is 49.1. The van der Waals surface area contributed by atoms with Crippen molar-refractivity contribution in [2.24, 2.45) is 5.92 Å². The van der Waals surface area contributed by atoms with Gasteiger partial charge in [-0.1, -0.05) is 33.8 Å². The molecule has 0 aliphatic carbocycles. The molecule has 0 spiro atoms. The van der Waals surface area contributed by atoms with Crippen molar-refractivity contribution in [1.82, 2.24) is 15.1 Å². The van der Waals surface area contributed by atoms with Gasteiger partial charge in [0.2, 0.25) is 0 Å². The van der Waals surface area contributed by atoms with Crippen LogP contribution in [-0.4, -0.2) is 59.5 Å². The second-order valence-electron chi connectivity index (χ2n) is 6.10. The molecule has 0 amide bonds. The van der Waals surface area contributed by atoms with Gasteiger partial charge in [0.25, 0.3) is 0 Å². The Balaban J connectivity index is -0.000000493. The Morgan fingerprint density at radius 3 is 1.97 bits per heavy atom. The Morgan fingerprint density at radius 2 is 1.56 bits per heavy atom. The summed E-state index contributed by atoms with van der Waals surface area (Å²) in [5.74, 6) is -1.45. The molecule has 0 aromatic carbocycles. The van der Waals surface area contributed by atoms with Gasteiger partial charge in [0.1, 0.15) is 6.67 Å². The Morgan fingerprint density at radius 1 is 1.00 bits per heavy atom. The molecular weight excluding hydrogens is 614 g/mol. The molecule has 0 heterocycles. The molecule has 0 radical (unpaired) electrons. The van der Waals surface area contributed by atoms with E-state index in [4.69, 9.17) is 0 Å². The molecule has 0 aliphatic rings. The van der Waals surface area contributed by atoms with Crippen LogP contribution >= 0.6 is 0 Å². The van der Waals surface area contributed by atoms with Crippen LogP contribution in [0.15, 0.2) is 61.9 Å². The molecule has 0 saturated carbocycles. The van der Waals surface area contributed by atoms with Gasteiger partial charge in [0, 0.05) is 0 Å². The molecule has 0 aromatic rings. The zero-order valence-electron chi connectivity index (χ0n) is 22.2. The van der Waals surface area contributed by atoms with Crippen molar-refractivity contribution >= 4 is 4.15 Å². The van der Waals surface area contributed by atoms with Crippen LogP contribution in [0, 0.1) is 5.92 Å². The molecule has 0 fully saturated rings. The number of allylic oxidation sites excluding steroid dienone is 6. The molecule has 34 heavy (non-hydrogen) atoms. The summed E-state index contributed by atoms with van der Waals surface area (Å²) in [6.07, 6.45) is 9.22. The standard InChI is InChI=1S/C19H30F3N3.C3H5F.2C2H6.W/c1-5-8-9-10-11-14-24(6-2)15-16-25(7-3)17-23-13-12-18(4)19(20,21)22;1-2-3-4;2*1-2;/h5,8-13,18,23H,1,6-7,14-16H2,2-4H3;2H,1,3H2;2*1-2H3;/b9-8-,11-10+,13-12+;;;;. The normalized spacial score (nSPS) is 11.9. The molecule has 200 valence electrons. The fourth-order valence-corrected chi connectivity index (χ4v) is 2.98. The van der Waals surface area contributed by atoms with E-state index >= 15 is 0 Å². The van der Waals surface area contributed by atoms with Gasteiger partial charge in [0.15, 0.2) is 0 Å². The van der Waals surface area contributed by atoms with Crippen molar-refractivity contribution < 1.29 is 36.9 Å². The van der Waals surface area contributed by atoms with Crippen molar-refractivity contribution in [3.63, 3.8) is 0 Å². The second-order valence-corrected chi connectivity index (χ2v) is 7.49. The first-order valence-corrected chi connectivity index (χ1v) is 13.3. The van der Waals surface area contributed by atoms with E-state index in [9.17, 15) is 17.6 Å². The summed E-state index contributed by atoms with van der Waals surface area (Å²) in [7, 11) is 0. The van der Waals surface area contributed by atoms with Crippen LogP contribution in [0.3, 0.4) is 0 Å². The van der Waals surface area contributed by atoms with E-state index < -0.39 is 18.8 Å². The van der Waals surface area contributed by atoms with Crippen LogP contribution in [0.5, 0.6) is 0 Å². The van der Waals surface area contributed by atoms with Gasteiger partial charge in [0.05, 0.1) is 0 Å². The summed E-state index contributed by atoms with van der Waals surface area (Å²) in [6.45, 7) is 23.9. The minimum absolute atomic E-state index is 0.417. The SMILES string of the molecule is C=C/C=C\C=C\CN(CC)CCN(CC)[C](=[W])N/C=C/C(C)C(F)(F)F.C=CCF.CC.CC. The minimum Gasteiger partial charge on any atom is -0.247 e. The molecule has 0 rings (SSSR count). The number of nitrogens with one attached hydrogen (secondary N) is 1. The number of hydrogen-bond donors (Lipinski definition) is 1. The Bertz CT molecular complexity index is 559. The van der Waals surface area contributed by atoms with Crippen LogP contribution < -0.4 is 5.32 Å². The van der Waals surface area contributed by atoms with Crippen LogP contribution in [0.2, 0.25) is 0 Å². The summed E-state index contributed by atoms with van der Waals surface area (Å²) >= 11 is 1.20. The van der Waals surface area contributed by atoms with Crippen LogP contribution in [-0.2, 0) is 19.4 Å². The Labute approximate surface area is 217 Å². The third kappa shape index (κ3) is 26.9. The molecular formula is C26H47F4N3W. The first kappa shape index (κ1) is 39.9.